The van der Waals surface area contributed by atoms with Crippen molar-refractivity contribution in [3.63, 3.8) is 0 Å². The van der Waals surface area contributed by atoms with Crippen LogP contribution in [0.25, 0.3) is 0 Å². The molecule has 44 valence electrons. The predicted molar refractivity (Wildman–Crippen MR) is 38.8 cm³/mol. The molecule has 2 nitrogen and oxygen atoms in total. The zero-order chi connectivity index (χ0) is 5.54. The molecule has 1 N–H and O–H groups in total. The minimum absolute atomic E-state index is 0.670. The average molecular weight is 215 g/mol. The Labute approximate surface area is 57.8 Å². The fraction of sp³-hybridized carbons (Fsp3) is 1.00. The van der Waals surface area contributed by atoms with E-state index in [1.165, 1.54) is 0 Å². The van der Waals surface area contributed by atoms with Crippen LogP contribution in [0.1, 0.15) is 0 Å². The molecule has 0 bridgehead atoms. The van der Waals surface area contributed by atoms with Gasteiger partial charge in [-0.1, -0.05) is 22.6 Å². The van der Waals surface area contributed by atoms with E-state index in [1.807, 2.05) is 7.05 Å². The van der Waals surface area contributed by atoms with E-state index in [-0.39, 0.29) is 0 Å². The summed E-state index contributed by atoms with van der Waals surface area (Å²) >= 11 is 2.27. The summed E-state index contributed by atoms with van der Waals surface area (Å²) in [6.45, 7) is 1.52. The Morgan fingerprint density at radius 3 is 2.86 bits per heavy atom. The zero-order valence-electron chi connectivity index (χ0n) is 4.41. The Kier molecular flexibility index (Phi) is 7.27. The third kappa shape index (κ3) is 6.65. The SMILES string of the molecule is CNCOCCI. The van der Waals surface area contributed by atoms with Crippen molar-refractivity contribution in [1.82, 2.24) is 5.32 Å². The molecule has 0 aromatic carbocycles. The monoisotopic (exact) mass is 215 g/mol. The molecule has 0 unspecified atom stereocenters. The van der Waals surface area contributed by atoms with Crippen molar-refractivity contribution in [2.75, 3.05) is 24.8 Å². The Hall–Kier alpha value is 0.650. The van der Waals surface area contributed by atoms with Crippen LogP contribution < -0.4 is 5.32 Å². The van der Waals surface area contributed by atoms with Gasteiger partial charge in [0.05, 0.1) is 13.3 Å². The second-order valence-corrected chi connectivity index (χ2v) is 2.17. The number of hydrogen-bond acceptors (Lipinski definition) is 2. The number of ether oxygens (including phenoxy) is 1. The van der Waals surface area contributed by atoms with Crippen LogP contribution in [0.3, 0.4) is 0 Å². The van der Waals surface area contributed by atoms with Crippen LogP contribution in [0.2, 0.25) is 0 Å². The lowest BCUT2D eigenvalue weighted by Gasteiger charge is -1.96. The summed E-state index contributed by atoms with van der Waals surface area (Å²) in [5.41, 5.74) is 0. The second-order valence-electron chi connectivity index (χ2n) is 1.10. The van der Waals surface area contributed by atoms with Gasteiger partial charge in [0.1, 0.15) is 0 Å². The topological polar surface area (TPSA) is 21.3 Å². The molecule has 3 heteroatoms. The van der Waals surface area contributed by atoms with Gasteiger partial charge in [0.2, 0.25) is 0 Å². The third-order valence-corrected chi connectivity index (χ3v) is 0.908. The number of alkyl halides is 1. The summed E-state index contributed by atoms with van der Waals surface area (Å²) < 4.78 is 6.08. The average Bonchev–Trinajstić information content (AvgIpc) is 1.69. The van der Waals surface area contributed by atoms with E-state index in [0.29, 0.717) is 6.73 Å². The molecule has 0 amide bonds. The van der Waals surface area contributed by atoms with Gasteiger partial charge in [-0.15, -0.1) is 0 Å². The van der Waals surface area contributed by atoms with E-state index < -0.39 is 0 Å². The minimum Gasteiger partial charge on any atom is -0.366 e. The fourth-order valence-electron chi connectivity index (χ4n) is 0.229. The molecule has 0 rings (SSSR count). The van der Waals surface area contributed by atoms with E-state index in [4.69, 9.17) is 4.74 Å². The van der Waals surface area contributed by atoms with Gasteiger partial charge >= 0.3 is 0 Å². The van der Waals surface area contributed by atoms with Gasteiger partial charge in [-0.2, -0.15) is 0 Å². The molecule has 0 spiro atoms. The van der Waals surface area contributed by atoms with Crippen LogP contribution >= 0.6 is 22.6 Å². The maximum atomic E-state index is 5.01. The summed E-state index contributed by atoms with van der Waals surface area (Å²) in [6, 6.07) is 0. The molecule has 0 radical (unpaired) electrons. The van der Waals surface area contributed by atoms with Gasteiger partial charge in [0.25, 0.3) is 0 Å². The molecule has 0 aliphatic heterocycles. The van der Waals surface area contributed by atoms with Crippen molar-refractivity contribution in [2.45, 2.75) is 0 Å². The van der Waals surface area contributed by atoms with Crippen LogP contribution in [-0.4, -0.2) is 24.8 Å². The zero-order valence-corrected chi connectivity index (χ0v) is 6.57. The molecule has 0 saturated heterocycles. The first kappa shape index (κ1) is 7.65. The van der Waals surface area contributed by atoms with Crippen LogP contribution in [0.5, 0.6) is 0 Å². The normalized spacial score (nSPS) is 9.43. The summed E-state index contributed by atoms with van der Waals surface area (Å²) in [7, 11) is 1.87. The Morgan fingerprint density at radius 1 is 1.71 bits per heavy atom. The van der Waals surface area contributed by atoms with Crippen molar-refractivity contribution < 1.29 is 4.74 Å². The first-order chi connectivity index (χ1) is 3.41. The van der Waals surface area contributed by atoms with Crippen LogP contribution in [-0.2, 0) is 4.74 Å². The van der Waals surface area contributed by atoms with Crippen molar-refractivity contribution in [3.05, 3.63) is 0 Å². The lowest BCUT2D eigenvalue weighted by molar-refractivity contribution is 0.138. The molecule has 0 aromatic rings. The number of rotatable bonds is 4. The number of hydrogen-bond donors (Lipinski definition) is 1. The third-order valence-electron chi connectivity index (χ3n) is 0.468. The molecule has 0 heterocycles. The van der Waals surface area contributed by atoms with Crippen LogP contribution in [0, 0.1) is 0 Å². The second kappa shape index (κ2) is 6.65. The summed E-state index contributed by atoms with van der Waals surface area (Å²) in [5.74, 6) is 0. The van der Waals surface area contributed by atoms with E-state index in [0.717, 1.165) is 11.0 Å². The van der Waals surface area contributed by atoms with Crippen LogP contribution in [0.4, 0.5) is 0 Å². The van der Waals surface area contributed by atoms with E-state index in [9.17, 15) is 0 Å². The van der Waals surface area contributed by atoms with Crippen molar-refractivity contribution in [1.29, 1.82) is 0 Å². The van der Waals surface area contributed by atoms with Gasteiger partial charge in [0, 0.05) is 4.43 Å². The predicted octanol–water partition coefficient (Wildman–Crippen LogP) is 0.615. The quantitative estimate of drug-likeness (QED) is 0.321. The van der Waals surface area contributed by atoms with Gasteiger partial charge < -0.3 is 4.74 Å². The molecule has 7 heavy (non-hydrogen) atoms. The number of halogens is 1. The Morgan fingerprint density at radius 2 is 2.43 bits per heavy atom. The summed E-state index contributed by atoms with van der Waals surface area (Å²) in [4.78, 5) is 0. The first-order valence-electron chi connectivity index (χ1n) is 2.20. The van der Waals surface area contributed by atoms with E-state index in [2.05, 4.69) is 27.9 Å². The van der Waals surface area contributed by atoms with Gasteiger partial charge in [-0.05, 0) is 7.05 Å². The molecule has 0 saturated carbocycles. The molecule has 0 aromatic heterocycles. The van der Waals surface area contributed by atoms with Gasteiger partial charge in [-0.25, -0.2) is 0 Å². The maximum absolute atomic E-state index is 5.01. The fourth-order valence-corrected chi connectivity index (χ4v) is 0.540. The standard InChI is InChI=1S/C4H10INO/c1-6-4-7-3-2-5/h6H,2-4H2,1H3. The highest BCUT2D eigenvalue weighted by Crippen LogP contribution is 1.79. The molecular weight excluding hydrogens is 205 g/mol. The Balaban J connectivity index is 2.45. The summed E-state index contributed by atoms with van der Waals surface area (Å²) in [6.07, 6.45) is 0. The highest BCUT2D eigenvalue weighted by molar-refractivity contribution is 14.1. The first-order valence-corrected chi connectivity index (χ1v) is 3.72. The van der Waals surface area contributed by atoms with Gasteiger partial charge in [0.15, 0.2) is 0 Å². The Bertz CT molecular complexity index is 30.9. The maximum Gasteiger partial charge on any atom is 0.0963 e. The molecule has 0 aliphatic carbocycles. The molecule has 0 atom stereocenters. The lowest BCUT2D eigenvalue weighted by Crippen LogP contribution is -2.12. The van der Waals surface area contributed by atoms with E-state index >= 15 is 0 Å². The van der Waals surface area contributed by atoms with Crippen molar-refractivity contribution in [3.8, 4) is 0 Å². The smallest absolute Gasteiger partial charge is 0.0963 e. The van der Waals surface area contributed by atoms with Crippen LogP contribution in [0.15, 0.2) is 0 Å². The van der Waals surface area contributed by atoms with Crippen molar-refractivity contribution in [2.24, 2.45) is 0 Å². The molecular formula is C4H10INO. The van der Waals surface area contributed by atoms with E-state index in [1.54, 1.807) is 0 Å². The summed E-state index contributed by atoms with van der Waals surface area (Å²) in [5, 5.41) is 2.88. The molecule has 0 fully saturated rings. The highest BCUT2D eigenvalue weighted by Gasteiger charge is 1.77. The highest BCUT2D eigenvalue weighted by atomic mass is 127. The van der Waals surface area contributed by atoms with Crippen molar-refractivity contribution >= 4 is 22.6 Å². The molecule has 0 aliphatic rings. The largest absolute Gasteiger partial charge is 0.366 e. The number of nitrogens with one attached hydrogen (secondary N) is 1. The minimum atomic E-state index is 0.670. The van der Waals surface area contributed by atoms with Gasteiger partial charge in [-0.3, -0.25) is 5.32 Å². The lowest BCUT2D eigenvalue weighted by atomic mass is 10.9.